The second-order valence-corrected chi connectivity index (χ2v) is 7.57. The number of amides is 1. The van der Waals surface area contributed by atoms with Crippen molar-refractivity contribution in [2.75, 3.05) is 18.6 Å². The molecule has 0 radical (unpaired) electrons. The van der Waals surface area contributed by atoms with Gasteiger partial charge < -0.3 is 16.0 Å². The average Bonchev–Trinajstić information content (AvgIpc) is 3.06. The standard InChI is InChI=1S/C19H30N4OS.HI/c1-4-6-18(24)22-15-8-5-7-14(11-15)13-21-19(20-2)23-16-9-10-17(12-16)25-3;/h5,7-8,11,16-17H,4,6,9-10,12-13H2,1-3H3,(H,22,24)(H2,20,21,23);1H. The lowest BCUT2D eigenvalue weighted by Gasteiger charge is -2.17. The van der Waals surface area contributed by atoms with Crippen LogP contribution >= 0.6 is 35.7 Å². The summed E-state index contributed by atoms with van der Waals surface area (Å²) in [7, 11) is 1.80. The maximum atomic E-state index is 11.7. The molecule has 0 spiro atoms. The first-order valence-electron chi connectivity index (χ1n) is 9.03. The molecule has 5 nitrogen and oxygen atoms in total. The van der Waals surface area contributed by atoms with Gasteiger partial charge in [-0.1, -0.05) is 19.1 Å². The van der Waals surface area contributed by atoms with Crippen molar-refractivity contribution in [3.05, 3.63) is 29.8 Å². The quantitative estimate of drug-likeness (QED) is 0.307. The maximum absolute atomic E-state index is 11.7. The minimum Gasteiger partial charge on any atom is -0.354 e. The van der Waals surface area contributed by atoms with E-state index in [1.54, 1.807) is 7.05 Å². The minimum absolute atomic E-state index is 0. The lowest BCUT2D eigenvalue weighted by molar-refractivity contribution is -0.116. The molecule has 0 saturated heterocycles. The van der Waals surface area contributed by atoms with Crippen LogP contribution in [-0.4, -0.2) is 36.5 Å². The number of thioether (sulfide) groups is 1. The summed E-state index contributed by atoms with van der Waals surface area (Å²) in [6, 6.07) is 8.45. The third-order valence-electron chi connectivity index (χ3n) is 4.43. The maximum Gasteiger partial charge on any atom is 0.224 e. The van der Waals surface area contributed by atoms with Crippen LogP contribution in [0.5, 0.6) is 0 Å². The van der Waals surface area contributed by atoms with Crippen molar-refractivity contribution in [3.63, 3.8) is 0 Å². The van der Waals surface area contributed by atoms with Gasteiger partial charge >= 0.3 is 0 Å². The summed E-state index contributed by atoms with van der Waals surface area (Å²) in [5.41, 5.74) is 1.96. The van der Waals surface area contributed by atoms with Crippen LogP contribution in [0.2, 0.25) is 0 Å². The highest BCUT2D eigenvalue weighted by atomic mass is 127. The van der Waals surface area contributed by atoms with Crippen molar-refractivity contribution in [2.45, 2.75) is 56.9 Å². The van der Waals surface area contributed by atoms with E-state index in [4.69, 9.17) is 0 Å². The molecule has 1 fully saturated rings. The molecule has 0 aromatic heterocycles. The van der Waals surface area contributed by atoms with E-state index >= 15 is 0 Å². The first kappa shape index (κ1) is 23.1. The third-order valence-corrected chi connectivity index (χ3v) is 5.52. The molecule has 0 aliphatic heterocycles. The van der Waals surface area contributed by atoms with Crippen LogP contribution in [0.25, 0.3) is 0 Å². The summed E-state index contributed by atoms with van der Waals surface area (Å²) in [4.78, 5) is 16.1. The van der Waals surface area contributed by atoms with Gasteiger partial charge in [-0.3, -0.25) is 9.79 Å². The Kier molecular flexibility index (Phi) is 11.0. The topological polar surface area (TPSA) is 65.5 Å². The molecular weight excluding hydrogens is 459 g/mol. The van der Waals surface area contributed by atoms with E-state index in [1.807, 2.05) is 36.9 Å². The second kappa shape index (κ2) is 12.4. The molecule has 1 amide bonds. The molecular formula is C19H31IN4OS. The number of hydrogen-bond donors (Lipinski definition) is 3. The number of halogens is 1. The van der Waals surface area contributed by atoms with Crippen LogP contribution in [0.3, 0.4) is 0 Å². The Labute approximate surface area is 178 Å². The van der Waals surface area contributed by atoms with Crippen molar-refractivity contribution in [2.24, 2.45) is 4.99 Å². The van der Waals surface area contributed by atoms with Crippen LogP contribution in [0, 0.1) is 0 Å². The molecule has 1 aromatic carbocycles. The van der Waals surface area contributed by atoms with E-state index < -0.39 is 0 Å². The number of carbonyl (C=O) groups excluding carboxylic acids is 1. The number of benzene rings is 1. The molecule has 7 heteroatoms. The molecule has 1 aliphatic rings. The Balaban J connectivity index is 0.00000338. The number of guanidine groups is 1. The summed E-state index contributed by atoms with van der Waals surface area (Å²) in [5.74, 6) is 0.904. The van der Waals surface area contributed by atoms with Crippen molar-refractivity contribution < 1.29 is 4.79 Å². The molecule has 3 N–H and O–H groups in total. The van der Waals surface area contributed by atoms with Gasteiger partial charge in [-0.05, 0) is 49.6 Å². The number of hydrogen-bond acceptors (Lipinski definition) is 3. The molecule has 0 bridgehead atoms. The molecule has 2 atom stereocenters. The van der Waals surface area contributed by atoms with Crippen LogP contribution in [0.1, 0.15) is 44.6 Å². The highest BCUT2D eigenvalue weighted by molar-refractivity contribution is 14.0. The van der Waals surface area contributed by atoms with Gasteiger partial charge in [0, 0.05) is 37.0 Å². The van der Waals surface area contributed by atoms with Crippen molar-refractivity contribution in [1.82, 2.24) is 10.6 Å². The molecule has 26 heavy (non-hydrogen) atoms. The fourth-order valence-electron chi connectivity index (χ4n) is 3.07. The highest BCUT2D eigenvalue weighted by Crippen LogP contribution is 2.28. The van der Waals surface area contributed by atoms with E-state index in [2.05, 4.69) is 33.3 Å². The number of anilines is 1. The summed E-state index contributed by atoms with van der Waals surface area (Å²) >= 11 is 1.96. The van der Waals surface area contributed by atoms with Gasteiger partial charge in [-0.25, -0.2) is 0 Å². The first-order valence-corrected chi connectivity index (χ1v) is 10.3. The molecule has 146 valence electrons. The van der Waals surface area contributed by atoms with Crippen molar-refractivity contribution in [3.8, 4) is 0 Å². The fourth-order valence-corrected chi connectivity index (χ4v) is 3.87. The van der Waals surface area contributed by atoms with Gasteiger partial charge in [0.1, 0.15) is 0 Å². The van der Waals surface area contributed by atoms with Crippen molar-refractivity contribution in [1.29, 1.82) is 0 Å². The van der Waals surface area contributed by atoms with E-state index in [9.17, 15) is 4.79 Å². The van der Waals surface area contributed by atoms with Crippen LogP contribution in [-0.2, 0) is 11.3 Å². The van der Waals surface area contributed by atoms with Crippen LogP contribution in [0.4, 0.5) is 5.69 Å². The van der Waals surface area contributed by atoms with Gasteiger partial charge in [-0.15, -0.1) is 24.0 Å². The van der Waals surface area contributed by atoms with E-state index in [1.165, 1.54) is 19.3 Å². The average molecular weight is 490 g/mol. The minimum atomic E-state index is 0. The molecule has 1 saturated carbocycles. The van der Waals surface area contributed by atoms with Crippen molar-refractivity contribution >= 4 is 53.3 Å². The van der Waals surface area contributed by atoms with E-state index in [0.29, 0.717) is 19.0 Å². The van der Waals surface area contributed by atoms with Gasteiger partial charge in [0.05, 0.1) is 0 Å². The van der Waals surface area contributed by atoms with E-state index in [0.717, 1.165) is 28.9 Å². The lowest BCUT2D eigenvalue weighted by Crippen LogP contribution is -2.42. The summed E-state index contributed by atoms with van der Waals surface area (Å²) < 4.78 is 0. The van der Waals surface area contributed by atoms with Gasteiger partial charge in [0.25, 0.3) is 0 Å². The Morgan fingerprint density at radius 1 is 1.35 bits per heavy atom. The third kappa shape index (κ3) is 7.73. The first-order chi connectivity index (χ1) is 12.1. The Bertz CT molecular complexity index is 597. The largest absolute Gasteiger partial charge is 0.354 e. The zero-order chi connectivity index (χ0) is 18.1. The highest BCUT2D eigenvalue weighted by Gasteiger charge is 2.24. The predicted octanol–water partition coefficient (Wildman–Crippen LogP) is 3.99. The summed E-state index contributed by atoms with van der Waals surface area (Å²) in [6.07, 6.45) is 7.26. The summed E-state index contributed by atoms with van der Waals surface area (Å²) in [5, 5.41) is 10.6. The normalized spacial score (nSPS) is 19.6. The number of nitrogens with one attached hydrogen (secondary N) is 3. The van der Waals surface area contributed by atoms with E-state index in [-0.39, 0.29) is 29.9 Å². The fraction of sp³-hybridized carbons (Fsp3) is 0.579. The molecule has 0 heterocycles. The van der Waals surface area contributed by atoms with Gasteiger partial charge in [0.15, 0.2) is 5.96 Å². The Morgan fingerprint density at radius 3 is 2.81 bits per heavy atom. The number of aliphatic imine (C=N–C) groups is 1. The van der Waals surface area contributed by atoms with Gasteiger partial charge in [0.2, 0.25) is 5.91 Å². The zero-order valence-electron chi connectivity index (χ0n) is 15.9. The smallest absolute Gasteiger partial charge is 0.224 e. The van der Waals surface area contributed by atoms with Gasteiger partial charge in [-0.2, -0.15) is 11.8 Å². The number of carbonyl (C=O) groups is 1. The van der Waals surface area contributed by atoms with Crippen LogP contribution in [0.15, 0.2) is 29.3 Å². The lowest BCUT2D eigenvalue weighted by atomic mass is 10.2. The number of nitrogens with zero attached hydrogens (tertiary/aromatic N) is 1. The monoisotopic (exact) mass is 490 g/mol. The SMILES string of the molecule is CCCC(=O)Nc1cccc(CNC(=NC)NC2CCC(SC)C2)c1.I. The molecule has 1 aliphatic carbocycles. The Morgan fingerprint density at radius 2 is 2.15 bits per heavy atom. The summed E-state index contributed by atoms with van der Waals surface area (Å²) in [6.45, 7) is 2.68. The molecule has 1 aromatic rings. The molecule has 2 rings (SSSR count). The number of rotatable bonds is 7. The zero-order valence-corrected chi connectivity index (χ0v) is 19.0. The Hall–Kier alpha value is -0.960. The second-order valence-electron chi connectivity index (χ2n) is 6.44. The predicted molar refractivity (Wildman–Crippen MR) is 124 cm³/mol. The van der Waals surface area contributed by atoms with Crippen LogP contribution < -0.4 is 16.0 Å². The molecule has 2 unspecified atom stereocenters.